The zero-order valence-corrected chi connectivity index (χ0v) is 9.27. The molecule has 1 saturated heterocycles. The van der Waals surface area contributed by atoms with Crippen molar-refractivity contribution in [2.24, 2.45) is 11.7 Å². The van der Waals surface area contributed by atoms with E-state index in [-0.39, 0.29) is 18.4 Å². The summed E-state index contributed by atoms with van der Waals surface area (Å²) in [5.74, 6) is -1.12. The van der Waals surface area contributed by atoms with Gasteiger partial charge in [-0.25, -0.2) is 0 Å². The minimum absolute atomic E-state index is 0.208. The lowest BCUT2D eigenvalue weighted by molar-refractivity contribution is -0.185. The number of rotatable bonds is 2. The predicted molar refractivity (Wildman–Crippen MR) is 53.5 cm³/mol. The van der Waals surface area contributed by atoms with Gasteiger partial charge < -0.3 is 10.6 Å². The Hall–Kier alpha value is -0.290. The number of hydrogen-bond acceptors (Lipinski definition) is 2. The molecule has 0 spiro atoms. The van der Waals surface area contributed by atoms with Gasteiger partial charge in [0.25, 0.3) is 0 Å². The summed E-state index contributed by atoms with van der Waals surface area (Å²) in [7, 11) is 0. The molecule has 0 saturated carbocycles. The van der Waals surface area contributed by atoms with E-state index in [9.17, 15) is 13.2 Å². The van der Waals surface area contributed by atoms with Crippen LogP contribution in [0.3, 0.4) is 0 Å². The molecule has 0 aliphatic carbocycles. The Labute approximate surface area is 88.6 Å². The monoisotopic (exact) mass is 224 g/mol. The molecular weight excluding hydrogens is 205 g/mol. The fraction of sp³-hybridized carbons (Fsp3) is 1.00. The van der Waals surface area contributed by atoms with Crippen LogP contribution in [0.1, 0.15) is 26.7 Å². The van der Waals surface area contributed by atoms with E-state index in [2.05, 4.69) is 0 Å². The molecule has 15 heavy (non-hydrogen) atoms. The molecule has 0 aromatic carbocycles. The summed E-state index contributed by atoms with van der Waals surface area (Å²) in [4.78, 5) is 2.02. The summed E-state index contributed by atoms with van der Waals surface area (Å²) in [6, 6.07) is 0. The van der Waals surface area contributed by atoms with E-state index in [1.165, 1.54) is 0 Å². The van der Waals surface area contributed by atoms with Crippen LogP contribution in [0, 0.1) is 5.92 Å². The second-order valence-corrected chi connectivity index (χ2v) is 5.08. The minimum atomic E-state index is -4.02. The first-order chi connectivity index (χ1) is 6.68. The van der Waals surface area contributed by atoms with Crippen molar-refractivity contribution in [2.75, 3.05) is 19.6 Å². The molecule has 0 atom stereocenters. The molecule has 0 aromatic heterocycles. The molecule has 0 aromatic rings. The topological polar surface area (TPSA) is 29.3 Å². The average Bonchev–Trinajstić information content (AvgIpc) is 2.00. The molecule has 1 heterocycles. The maximum atomic E-state index is 12.4. The predicted octanol–water partition coefficient (Wildman–Crippen LogP) is 2.00. The Morgan fingerprint density at radius 1 is 1.20 bits per heavy atom. The normalized spacial score (nSPS) is 22.0. The zero-order valence-electron chi connectivity index (χ0n) is 9.27. The zero-order chi connectivity index (χ0) is 11.7. The number of piperidine rings is 1. The maximum absolute atomic E-state index is 12.4. The number of nitrogens with two attached hydrogens (primary N) is 1. The minimum Gasteiger partial charge on any atom is -0.324 e. The van der Waals surface area contributed by atoms with Crippen LogP contribution in [0.4, 0.5) is 13.2 Å². The van der Waals surface area contributed by atoms with Gasteiger partial charge in [-0.15, -0.1) is 0 Å². The number of likely N-dealkylation sites (tertiary alicyclic amines) is 1. The lowest BCUT2D eigenvalue weighted by Gasteiger charge is -2.36. The first-order valence-corrected chi connectivity index (χ1v) is 5.26. The summed E-state index contributed by atoms with van der Waals surface area (Å²) < 4.78 is 37.1. The lowest BCUT2D eigenvalue weighted by Crippen LogP contribution is -2.49. The van der Waals surface area contributed by atoms with Gasteiger partial charge in [0.15, 0.2) is 0 Å². The van der Waals surface area contributed by atoms with Gasteiger partial charge in [0, 0.05) is 12.1 Å². The highest BCUT2D eigenvalue weighted by Crippen LogP contribution is 2.34. The Kier molecular flexibility index (Phi) is 3.66. The van der Waals surface area contributed by atoms with Gasteiger partial charge in [-0.05, 0) is 39.8 Å². The van der Waals surface area contributed by atoms with E-state index in [0.717, 1.165) is 0 Å². The summed E-state index contributed by atoms with van der Waals surface area (Å²) >= 11 is 0. The first kappa shape index (κ1) is 12.8. The Morgan fingerprint density at radius 2 is 1.67 bits per heavy atom. The van der Waals surface area contributed by atoms with Gasteiger partial charge in [0.2, 0.25) is 0 Å². The van der Waals surface area contributed by atoms with E-state index in [4.69, 9.17) is 5.73 Å². The number of hydrogen-bond donors (Lipinski definition) is 1. The van der Waals surface area contributed by atoms with Crippen LogP contribution in [0.25, 0.3) is 0 Å². The maximum Gasteiger partial charge on any atom is 0.391 e. The summed E-state index contributed by atoms with van der Waals surface area (Å²) in [5, 5.41) is 0. The lowest BCUT2D eigenvalue weighted by atomic mass is 9.95. The standard InChI is InChI=1S/C10H19F3N2/c1-9(2,14)7-15-5-3-8(4-6-15)10(11,12)13/h8H,3-7,14H2,1-2H3. The third-order valence-corrected chi connectivity index (χ3v) is 2.68. The van der Waals surface area contributed by atoms with Gasteiger partial charge in [-0.3, -0.25) is 0 Å². The smallest absolute Gasteiger partial charge is 0.324 e. The molecule has 1 aliphatic rings. The molecule has 90 valence electrons. The number of halogens is 3. The van der Waals surface area contributed by atoms with Crippen molar-refractivity contribution in [2.45, 2.75) is 38.4 Å². The van der Waals surface area contributed by atoms with Crippen LogP contribution in [-0.4, -0.2) is 36.2 Å². The highest BCUT2D eigenvalue weighted by molar-refractivity contribution is 4.82. The molecule has 5 heteroatoms. The van der Waals surface area contributed by atoms with Gasteiger partial charge >= 0.3 is 6.18 Å². The molecule has 0 unspecified atom stereocenters. The average molecular weight is 224 g/mol. The Morgan fingerprint density at radius 3 is 2.00 bits per heavy atom. The van der Waals surface area contributed by atoms with Crippen molar-refractivity contribution in [3.8, 4) is 0 Å². The van der Waals surface area contributed by atoms with E-state index < -0.39 is 12.1 Å². The highest BCUT2D eigenvalue weighted by Gasteiger charge is 2.41. The fourth-order valence-corrected chi connectivity index (χ4v) is 1.99. The van der Waals surface area contributed by atoms with Gasteiger partial charge in [0.05, 0.1) is 5.92 Å². The summed E-state index contributed by atoms with van der Waals surface area (Å²) in [5.41, 5.74) is 5.49. The van der Waals surface area contributed by atoms with Crippen LogP contribution < -0.4 is 5.73 Å². The third-order valence-electron chi connectivity index (χ3n) is 2.68. The molecule has 1 aliphatic heterocycles. The summed E-state index contributed by atoms with van der Waals surface area (Å²) in [6.07, 6.45) is -3.61. The van der Waals surface area contributed by atoms with Crippen LogP contribution >= 0.6 is 0 Å². The van der Waals surface area contributed by atoms with Crippen molar-refractivity contribution in [1.82, 2.24) is 4.90 Å². The quantitative estimate of drug-likeness (QED) is 0.777. The Balaban J connectivity index is 2.37. The van der Waals surface area contributed by atoms with Crippen LogP contribution in [-0.2, 0) is 0 Å². The van der Waals surface area contributed by atoms with Crippen LogP contribution in [0.5, 0.6) is 0 Å². The Bertz CT molecular complexity index is 200. The molecule has 1 fully saturated rings. The molecule has 0 bridgehead atoms. The van der Waals surface area contributed by atoms with Crippen molar-refractivity contribution < 1.29 is 13.2 Å². The first-order valence-electron chi connectivity index (χ1n) is 5.26. The van der Waals surface area contributed by atoms with E-state index in [1.54, 1.807) is 0 Å². The SMILES string of the molecule is CC(C)(N)CN1CCC(C(F)(F)F)CC1. The van der Waals surface area contributed by atoms with E-state index in [1.807, 2.05) is 18.7 Å². The van der Waals surface area contributed by atoms with Gasteiger partial charge in [-0.1, -0.05) is 0 Å². The van der Waals surface area contributed by atoms with Crippen molar-refractivity contribution in [3.63, 3.8) is 0 Å². The largest absolute Gasteiger partial charge is 0.391 e. The molecular formula is C10H19F3N2. The molecule has 1 rings (SSSR count). The number of alkyl halides is 3. The highest BCUT2D eigenvalue weighted by atomic mass is 19.4. The van der Waals surface area contributed by atoms with Crippen LogP contribution in [0.15, 0.2) is 0 Å². The van der Waals surface area contributed by atoms with Crippen molar-refractivity contribution >= 4 is 0 Å². The van der Waals surface area contributed by atoms with E-state index >= 15 is 0 Å². The molecule has 2 nitrogen and oxygen atoms in total. The van der Waals surface area contributed by atoms with E-state index in [0.29, 0.717) is 19.6 Å². The number of nitrogens with zero attached hydrogens (tertiary/aromatic N) is 1. The molecule has 0 amide bonds. The fourth-order valence-electron chi connectivity index (χ4n) is 1.99. The van der Waals surface area contributed by atoms with Crippen molar-refractivity contribution in [1.29, 1.82) is 0 Å². The van der Waals surface area contributed by atoms with Gasteiger partial charge in [-0.2, -0.15) is 13.2 Å². The third kappa shape index (κ3) is 4.38. The second kappa shape index (κ2) is 4.29. The molecule has 0 radical (unpaired) electrons. The second-order valence-electron chi connectivity index (χ2n) is 5.08. The van der Waals surface area contributed by atoms with Crippen LogP contribution in [0.2, 0.25) is 0 Å². The van der Waals surface area contributed by atoms with Crippen molar-refractivity contribution in [3.05, 3.63) is 0 Å². The summed E-state index contributed by atoms with van der Waals surface area (Å²) in [6.45, 7) is 5.46. The molecule has 2 N–H and O–H groups in total. The van der Waals surface area contributed by atoms with Gasteiger partial charge in [0.1, 0.15) is 0 Å².